The van der Waals surface area contributed by atoms with Gasteiger partial charge in [0.25, 0.3) is 0 Å². The maximum Gasteiger partial charge on any atom is 0.125 e. The van der Waals surface area contributed by atoms with Gasteiger partial charge in [0.1, 0.15) is 11.6 Å². The van der Waals surface area contributed by atoms with Gasteiger partial charge in [0.2, 0.25) is 0 Å². The van der Waals surface area contributed by atoms with Gasteiger partial charge in [0.05, 0.1) is 12.8 Å². The van der Waals surface area contributed by atoms with Crippen molar-refractivity contribution < 1.29 is 8.81 Å². The van der Waals surface area contributed by atoms with Crippen LogP contribution in [0.5, 0.6) is 0 Å². The Morgan fingerprint density at radius 3 is 2.67 bits per heavy atom. The SMILES string of the molecule is CN(Cc1cc(CNC(C)(C)C)co1)c1cccc(F)c1. The highest BCUT2D eigenvalue weighted by molar-refractivity contribution is 5.45. The normalized spacial score (nSPS) is 11.7. The van der Waals surface area contributed by atoms with Crippen LogP contribution in [-0.2, 0) is 13.1 Å². The lowest BCUT2D eigenvalue weighted by Gasteiger charge is -2.19. The van der Waals surface area contributed by atoms with Crippen molar-refractivity contribution in [2.45, 2.75) is 39.4 Å². The molecule has 114 valence electrons. The number of anilines is 1. The molecule has 3 nitrogen and oxygen atoms in total. The quantitative estimate of drug-likeness (QED) is 0.904. The van der Waals surface area contributed by atoms with Crippen molar-refractivity contribution >= 4 is 5.69 Å². The van der Waals surface area contributed by atoms with Crippen LogP contribution in [-0.4, -0.2) is 12.6 Å². The third-order valence-electron chi connectivity index (χ3n) is 3.17. The van der Waals surface area contributed by atoms with Crippen LogP contribution in [0.25, 0.3) is 0 Å². The summed E-state index contributed by atoms with van der Waals surface area (Å²) in [5, 5.41) is 3.42. The van der Waals surface area contributed by atoms with Gasteiger partial charge in [-0.3, -0.25) is 0 Å². The Hall–Kier alpha value is -1.81. The van der Waals surface area contributed by atoms with Gasteiger partial charge in [0.15, 0.2) is 0 Å². The molecular weight excluding hydrogens is 267 g/mol. The van der Waals surface area contributed by atoms with E-state index < -0.39 is 0 Å². The zero-order chi connectivity index (χ0) is 15.5. The van der Waals surface area contributed by atoms with E-state index >= 15 is 0 Å². The monoisotopic (exact) mass is 290 g/mol. The molecule has 0 fully saturated rings. The third kappa shape index (κ3) is 4.90. The molecule has 0 aliphatic rings. The molecule has 0 unspecified atom stereocenters. The maximum absolute atomic E-state index is 13.2. The first-order valence-corrected chi connectivity index (χ1v) is 7.11. The van der Waals surface area contributed by atoms with Crippen LogP contribution in [0, 0.1) is 5.82 Å². The molecule has 21 heavy (non-hydrogen) atoms. The van der Waals surface area contributed by atoms with E-state index in [4.69, 9.17) is 4.42 Å². The van der Waals surface area contributed by atoms with Gasteiger partial charge in [-0.1, -0.05) is 6.07 Å². The number of halogens is 1. The molecule has 0 amide bonds. The molecule has 0 radical (unpaired) electrons. The molecule has 0 saturated carbocycles. The van der Waals surface area contributed by atoms with Crippen LogP contribution >= 0.6 is 0 Å². The minimum absolute atomic E-state index is 0.0792. The molecule has 1 aromatic heterocycles. The average Bonchev–Trinajstić information content (AvgIpc) is 2.83. The molecule has 0 atom stereocenters. The number of nitrogens with zero attached hydrogens (tertiary/aromatic N) is 1. The summed E-state index contributed by atoms with van der Waals surface area (Å²) >= 11 is 0. The lowest BCUT2D eigenvalue weighted by Crippen LogP contribution is -2.34. The second kappa shape index (κ2) is 6.31. The number of nitrogens with one attached hydrogen (secondary N) is 1. The predicted molar refractivity (Wildman–Crippen MR) is 83.8 cm³/mol. The Balaban J connectivity index is 1.96. The maximum atomic E-state index is 13.2. The molecule has 0 aliphatic heterocycles. The zero-order valence-corrected chi connectivity index (χ0v) is 13.1. The van der Waals surface area contributed by atoms with E-state index in [2.05, 4.69) is 26.1 Å². The van der Waals surface area contributed by atoms with Gasteiger partial charge in [-0.25, -0.2) is 4.39 Å². The van der Waals surface area contributed by atoms with Crippen LogP contribution in [0.1, 0.15) is 32.1 Å². The Bertz CT molecular complexity index is 586. The van der Waals surface area contributed by atoms with E-state index in [1.807, 2.05) is 24.1 Å². The Labute approximate surface area is 125 Å². The first kappa shape index (κ1) is 15.6. The van der Waals surface area contributed by atoms with Gasteiger partial charge >= 0.3 is 0 Å². The van der Waals surface area contributed by atoms with Crippen molar-refractivity contribution in [3.8, 4) is 0 Å². The smallest absolute Gasteiger partial charge is 0.125 e. The molecule has 0 spiro atoms. The largest absolute Gasteiger partial charge is 0.467 e. The van der Waals surface area contributed by atoms with Crippen LogP contribution in [0.4, 0.5) is 10.1 Å². The summed E-state index contributed by atoms with van der Waals surface area (Å²) in [6.07, 6.45) is 1.77. The van der Waals surface area contributed by atoms with Crippen molar-refractivity contribution in [3.63, 3.8) is 0 Å². The fourth-order valence-electron chi connectivity index (χ4n) is 2.01. The minimum Gasteiger partial charge on any atom is -0.467 e. The Morgan fingerprint density at radius 2 is 2.00 bits per heavy atom. The third-order valence-corrected chi connectivity index (χ3v) is 3.17. The molecule has 1 aromatic carbocycles. The highest BCUT2D eigenvalue weighted by Crippen LogP contribution is 2.18. The predicted octanol–water partition coefficient (Wildman–Crippen LogP) is 3.94. The number of benzene rings is 1. The van der Waals surface area contributed by atoms with E-state index in [-0.39, 0.29) is 11.4 Å². The van der Waals surface area contributed by atoms with Crippen LogP contribution < -0.4 is 10.2 Å². The number of furan rings is 1. The highest BCUT2D eigenvalue weighted by Gasteiger charge is 2.11. The fraction of sp³-hybridized carbons (Fsp3) is 0.412. The Kier molecular flexibility index (Phi) is 4.68. The first-order valence-electron chi connectivity index (χ1n) is 7.11. The summed E-state index contributed by atoms with van der Waals surface area (Å²) in [5.41, 5.74) is 2.03. The average molecular weight is 290 g/mol. The molecule has 2 rings (SSSR count). The van der Waals surface area contributed by atoms with Crippen molar-refractivity contribution in [2.75, 3.05) is 11.9 Å². The summed E-state index contributed by atoms with van der Waals surface area (Å²) in [6.45, 7) is 7.78. The van der Waals surface area contributed by atoms with Gasteiger partial charge in [-0.05, 0) is 45.0 Å². The number of hydrogen-bond acceptors (Lipinski definition) is 3. The molecule has 2 aromatic rings. The summed E-state index contributed by atoms with van der Waals surface area (Å²) in [6, 6.07) is 8.59. The van der Waals surface area contributed by atoms with Crippen LogP contribution in [0.2, 0.25) is 0 Å². The van der Waals surface area contributed by atoms with Crippen LogP contribution in [0.15, 0.2) is 41.0 Å². The van der Waals surface area contributed by atoms with Gasteiger partial charge in [-0.2, -0.15) is 0 Å². The summed E-state index contributed by atoms with van der Waals surface area (Å²) in [4.78, 5) is 1.96. The lowest BCUT2D eigenvalue weighted by molar-refractivity contribution is 0.422. The standard InChI is InChI=1S/C17H23FN2O/c1-17(2,3)19-10-13-8-16(21-12-13)11-20(4)15-7-5-6-14(18)9-15/h5-9,12,19H,10-11H2,1-4H3. The molecule has 0 aliphatic carbocycles. The second-order valence-electron chi connectivity index (χ2n) is 6.36. The minimum atomic E-state index is -0.228. The lowest BCUT2D eigenvalue weighted by atomic mass is 10.1. The van der Waals surface area contributed by atoms with E-state index in [9.17, 15) is 4.39 Å². The van der Waals surface area contributed by atoms with E-state index in [0.29, 0.717) is 6.54 Å². The van der Waals surface area contributed by atoms with Crippen molar-refractivity contribution in [2.24, 2.45) is 0 Å². The van der Waals surface area contributed by atoms with Crippen molar-refractivity contribution in [1.82, 2.24) is 5.32 Å². The van der Waals surface area contributed by atoms with Gasteiger partial charge in [-0.15, -0.1) is 0 Å². The van der Waals surface area contributed by atoms with Crippen molar-refractivity contribution in [1.29, 1.82) is 0 Å². The van der Waals surface area contributed by atoms with E-state index in [0.717, 1.165) is 23.6 Å². The van der Waals surface area contributed by atoms with Gasteiger partial charge in [0, 0.05) is 30.4 Å². The molecule has 1 N–H and O–H groups in total. The van der Waals surface area contributed by atoms with E-state index in [1.54, 1.807) is 12.3 Å². The highest BCUT2D eigenvalue weighted by atomic mass is 19.1. The van der Waals surface area contributed by atoms with Gasteiger partial charge < -0.3 is 14.6 Å². The molecule has 4 heteroatoms. The summed E-state index contributed by atoms with van der Waals surface area (Å²) < 4.78 is 18.8. The molecule has 1 heterocycles. The topological polar surface area (TPSA) is 28.4 Å². The fourth-order valence-corrected chi connectivity index (χ4v) is 2.01. The second-order valence-corrected chi connectivity index (χ2v) is 6.36. The molecule has 0 saturated heterocycles. The zero-order valence-electron chi connectivity index (χ0n) is 13.1. The van der Waals surface area contributed by atoms with Crippen molar-refractivity contribution in [3.05, 3.63) is 53.7 Å². The first-order chi connectivity index (χ1) is 9.83. The number of rotatable bonds is 5. The number of hydrogen-bond donors (Lipinski definition) is 1. The van der Waals surface area contributed by atoms with E-state index in [1.165, 1.54) is 12.1 Å². The Morgan fingerprint density at radius 1 is 1.24 bits per heavy atom. The molecule has 0 bridgehead atoms. The summed E-state index contributed by atoms with van der Waals surface area (Å²) in [7, 11) is 1.92. The summed E-state index contributed by atoms with van der Waals surface area (Å²) in [5.74, 6) is 0.640. The molecular formula is C17H23FN2O. The van der Waals surface area contributed by atoms with Crippen LogP contribution in [0.3, 0.4) is 0 Å².